The molecule has 0 atom stereocenters. The molecule has 160 valence electrons. The van der Waals surface area contributed by atoms with Gasteiger partial charge < -0.3 is 9.72 Å². The van der Waals surface area contributed by atoms with Crippen LogP contribution in [0.25, 0.3) is 21.7 Å². The van der Waals surface area contributed by atoms with E-state index in [9.17, 15) is 9.59 Å². The second kappa shape index (κ2) is 8.85. The molecule has 0 bridgehead atoms. The molecule has 0 radical (unpaired) electrons. The maximum atomic E-state index is 13.4. The molecule has 7 nitrogen and oxygen atoms in total. The molecule has 0 unspecified atom stereocenters. The zero-order valence-corrected chi connectivity index (χ0v) is 18.5. The van der Waals surface area contributed by atoms with E-state index in [-0.39, 0.29) is 23.3 Å². The van der Waals surface area contributed by atoms with Crippen molar-refractivity contribution < 1.29 is 4.74 Å². The number of nitrogens with zero attached hydrogens (tertiary/aromatic N) is 3. The number of fused-ring (bicyclic) bond motifs is 1. The predicted octanol–water partition coefficient (Wildman–Crippen LogP) is 3.85. The number of nitrogens with one attached hydrogen (secondary N) is 1. The number of hydrogen-bond donors (Lipinski definition) is 1. The van der Waals surface area contributed by atoms with Gasteiger partial charge in [0.05, 0.1) is 18.5 Å². The molecule has 0 amide bonds. The number of aromatic nitrogens is 4. The van der Waals surface area contributed by atoms with Gasteiger partial charge in [0, 0.05) is 29.0 Å². The van der Waals surface area contributed by atoms with Crippen molar-refractivity contribution in [2.75, 3.05) is 6.61 Å². The molecular weight excluding hydrogens is 412 g/mol. The summed E-state index contributed by atoms with van der Waals surface area (Å²) in [6.07, 6.45) is 4.06. The van der Waals surface area contributed by atoms with E-state index >= 15 is 0 Å². The van der Waals surface area contributed by atoms with Crippen LogP contribution in [0.1, 0.15) is 31.3 Å². The summed E-state index contributed by atoms with van der Waals surface area (Å²) in [4.78, 5) is 39.9. The van der Waals surface area contributed by atoms with E-state index in [0.717, 1.165) is 11.3 Å². The van der Waals surface area contributed by atoms with Crippen molar-refractivity contribution in [3.05, 3.63) is 73.9 Å². The molecule has 0 aromatic carbocycles. The Balaban J connectivity index is 1.79. The Bertz CT molecular complexity index is 1320. The minimum Gasteiger partial charge on any atom is -0.488 e. The Morgan fingerprint density at radius 2 is 2.06 bits per heavy atom. The van der Waals surface area contributed by atoms with Gasteiger partial charge in [-0.1, -0.05) is 26.8 Å². The van der Waals surface area contributed by atoms with Crippen LogP contribution in [0.3, 0.4) is 0 Å². The summed E-state index contributed by atoms with van der Waals surface area (Å²) in [5.41, 5.74) is 0.822. The lowest BCUT2D eigenvalue weighted by molar-refractivity contribution is 0.267. The summed E-state index contributed by atoms with van der Waals surface area (Å²) < 4.78 is 7.13. The molecule has 0 saturated heterocycles. The lowest BCUT2D eigenvalue weighted by Crippen LogP contribution is -2.25. The third-order valence-electron chi connectivity index (χ3n) is 4.78. The highest BCUT2D eigenvalue weighted by molar-refractivity contribution is 7.18. The Kier molecular flexibility index (Phi) is 5.99. The van der Waals surface area contributed by atoms with Gasteiger partial charge in [-0.25, -0.2) is 4.98 Å². The van der Waals surface area contributed by atoms with Crippen molar-refractivity contribution in [1.82, 2.24) is 19.5 Å². The van der Waals surface area contributed by atoms with Gasteiger partial charge >= 0.3 is 0 Å². The average molecular weight is 437 g/mol. The molecular formula is C23H24N4O3S. The molecule has 0 aliphatic rings. The van der Waals surface area contributed by atoms with Gasteiger partial charge in [0.2, 0.25) is 5.43 Å². The van der Waals surface area contributed by atoms with Crippen molar-refractivity contribution in [3.63, 3.8) is 0 Å². The van der Waals surface area contributed by atoms with Gasteiger partial charge in [-0.05, 0) is 30.5 Å². The summed E-state index contributed by atoms with van der Waals surface area (Å²) in [5.74, 6) is 1.06. The first kappa shape index (κ1) is 21.0. The van der Waals surface area contributed by atoms with Crippen molar-refractivity contribution in [2.45, 2.75) is 33.7 Å². The number of hydrogen-bond acceptors (Lipinski definition) is 6. The van der Waals surface area contributed by atoms with Gasteiger partial charge in [-0.2, -0.15) is 0 Å². The summed E-state index contributed by atoms with van der Waals surface area (Å²) in [6, 6.07) is 8.87. The first-order valence-electron chi connectivity index (χ1n) is 10.2. The van der Waals surface area contributed by atoms with Gasteiger partial charge in [0.1, 0.15) is 10.5 Å². The van der Waals surface area contributed by atoms with E-state index in [1.807, 2.05) is 38.1 Å². The first-order chi connectivity index (χ1) is 15.0. The fourth-order valence-corrected chi connectivity index (χ4v) is 4.17. The molecule has 4 heterocycles. The molecule has 4 aromatic heterocycles. The van der Waals surface area contributed by atoms with Gasteiger partial charge in [-0.3, -0.25) is 19.1 Å². The second-order valence-corrected chi connectivity index (χ2v) is 8.83. The Hall–Kier alpha value is -3.26. The van der Waals surface area contributed by atoms with Crippen LogP contribution in [0, 0.1) is 5.92 Å². The molecule has 8 heteroatoms. The fraction of sp³-hybridized carbons (Fsp3) is 0.304. The molecule has 0 fully saturated rings. The van der Waals surface area contributed by atoms with Crippen molar-refractivity contribution in [1.29, 1.82) is 0 Å². The predicted molar refractivity (Wildman–Crippen MR) is 123 cm³/mol. The average Bonchev–Trinajstić information content (AvgIpc) is 3.19. The van der Waals surface area contributed by atoms with Crippen molar-refractivity contribution in [2.24, 2.45) is 5.92 Å². The Morgan fingerprint density at radius 1 is 1.23 bits per heavy atom. The van der Waals surface area contributed by atoms with E-state index in [0.29, 0.717) is 40.0 Å². The Labute approximate surface area is 183 Å². The Morgan fingerprint density at radius 3 is 2.74 bits per heavy atom. The van der Waals surface area contributed by atoms with Gasteiger partial charge in [0.15, 0.2) is 11.6 Å². The van der Waals surface area contributed by atoms with Crippen LogP contribution in [0.4, 0.5) is 0 Å². The highest BCUT2D eigenvalue weighted by atomic mass is 32.1. The number of pyridine rings is 2. The van der Waals surface area contributed by atoms with Crippen LogP contribution in [0.5, 0.6) is 5.75 Å². The van der Waals surface area contributed by atoms with Crippen LogP contribution < -0.4 is 15.7 Å². The van der Waals surface area contributed by atoms with Crippen LogP contribution in [0.15, 0.2) is 52.3 Å². The number of aryl methyl sites for hydroxylation is 1. The van der Waals surface area contributed by atoms with Crippen LogP contribution in [0.2, 0.25) is 0 Å². The molecule has 0 saturated carbocycles. The van der Waals surface area contributed by atoms with E-state index < -0.39 is 0 Å². The highest BCUT2D eigenvalue weighted by Crippen LogP contribution is 2.25. The maximum absolute atomic E-state index is 13.4. The van der Waals surface area contributed by atoms with Crippen LogP contribution >= 0.6 is 11.3 Å². The monoisotopic (exact) mass is 436 g/mol. The van der Waals surface area contributed by atoms with E-state index in [1.54, 1.807) is 17.0 Å². The number of rotatable bonds is 7. The quantitative estimate of drug-likeness (QED) is 0.475. The van der Waals surface area contributed by atoms with Crippen molar-refractivity contribution in [3.8, 4) is 17.3 Å². The van der Waals surface area contributed by atoms with E-state index in [2.05, 4.69) is 16.9 Å². The zero-order chi connectivity index (χ0) is 22.0. The van der Waals surface area contributed by atoms with Crippen LogP contribution in [-0.2, 0) is 13.0 Å². The molecule has 0 aliphatic carbocycles. The molecule has 0 aliphatic heterocycles. The highest BCUT2D eigenvalue weighted by Gasteiger charge is 2.17. The number of H-pyrrole nitrogens is 1. The standard InChI is InChI=1S/C23H24N4O3S/c1-4-16-10-17-22(31-16)26-21(18-7-5-6-8-24-18)27(23(17)29)12-15-9-19(28)20(11-25-15)30-13-14(2)3/h5-11,14H,4,12-13H2,1-3H3,(H,25,28). The van der Waals surface area contributed by atoms with Gasteiger partial charge in [-0.15, -0.1) is 11.3 Å². The SMILES string of the molecule is CCc1cc2c(=O)n(Cc3cc(=O)c(OCC(C)C)c[nH]3)c(-c3ccccn3)nc2s1. The lowest BCUT2D eigenvalue weighted by atomic mass is 10.2. The lowest BCUT2D eigenvalue weighted by Gasteiger charge is -2.13. The summed E-state index contributed by atoms with van der Waals surface area (Å²) >= 11 is 1.52. The topological polar surface area (TPSA) is 89.9 Å². The zero-order valence-electron chi connectivity index (χ0n) is 17.7. The molecule has 31 heavy (non-hydrogen) atoms. The molecule has 1 N–H and O–H groups in total. The third-order valence-corrected chi connectivity index (χ3v) is 5.96. The minimum absolute atomic E-state index is 0.150. The van der Waals surface area contributed by atoms with Crippen LogP contribution in [-0.4, -0.2) is 26.1 Å². The third kappa shape index (κ3) is 4.44. The fourth-order valence-electron chi connectivity index (χ4n) is 3.21. The normalized spacial score (nSPS) is 11.4. The minimum atomic E-state index is -0.223. The summed E-state index contributed by atoms with van der Waals surface area (Å²) in [5, 5.41) is 0.584. The molecule has 0 spiro atoms. The number of ether oxygens (including phenoxy) is 1. The number of aromatic amines is 1. The number of thiophene rings is 1. The smallest absolute Gasteiger partial charge is 0.262 e. The molecule has 4 rings (SSSR count). The molecule has 4 aromatic rings. The summed E-state index contributed by atoms with van der Waals surface area (Å²) in [7, 11) is 0. The van der Waals surface area contributed by atoms with E-state index in [1.165, 1.54) is 17.4 Å². The van der Waals surface area contributed by atoms with Gasteiger partial charge in [0.25, 0.3) is 5.56 Å². The maximum Gasteiger partial charge on any atom is 0.262 e. The summed E-state index contributed by atoms with van der Waals surface area (Å²) in [6.45, 7) is 6.72. The second-order valence-electron chi connectivity index (χ2n) is 7.72. The largest absolute Gasteiger partial charge is 0.488 e. The van der Waals surface area contributed by atoms with Crippen molar-refractivity contribution >= 4 is 21.6 Å². The first-order valence-corrected chi connectivity index (χ1v) is 11.1. The van der Waals surface area contributed by atoms with E-state index in [4.69, 9.17) is 9.72 Å².